The van der Waals surface area contributed by atoms with Crippen LogP contribution in [0.2, 0.25) is 0 Å². The predicted molar refractivity (Wildman–Crippen MR) is 63.8 cm³/mol. The summed E-state index contributed by atoms with van der Waals surface area (Å²) in [7, 11) is 0. The average Bonchev–Trinajstić information content (AvgIpc) is 2.40. The lowest BCUT2D eigenvalue weighted by Gasteiger charge is -2.22. The summed E-state index contributed by atoms with van der Waals surface area (Å²) in [6, 6.07) is 5.75. The van der Waals surface area contributed by atoms with E-state index >= 15 is 0 Å². The lowest BCUT2D eigenvalue weighted by Crippen LogP contribution is -2.25. The van der Waals surface area contributed by atoms with Gasteiger partial charge in [-0.15, -0.1) is 0 Å². The summed E-state index contributed by atoms with van der Waals surface area (Å²) >= 11 is 0. The van der Waals surface area contributed by atoms with Crippen molar-refractivity contribution < 1.29 is 18.7 Å². The molecule has 0 heterocycles. The molecule has 1 aliphatic carbocycles. The van der Waals surface area contributed by atoms with Crippen LogP contribution >= 0.6 is 0 Å². The molecule has 2 nitrogen and oxygen atoms in total. The van der Waals surface area contributed by atoms with Gasteiger partial charge in [0.25, 0.3) is 0 Å². The standard InChI is InChI=1S/C14H16F2O2/c15-14(16,13(17)18)12-8-6-11(7-9-12)10-4-2-1-3-5-10/h6-10H,1-5H2,(H,17,18). The highest BCUT2D eigenvalue weighted by Gasteiger charge is 2.40. The van der Waals surface area contributed by atoms with E-state index in [9.17, 15) is 13.6 Å². The monoisotopic (exact) mass is 254 g/mol. The van der Waals surface area contributed by atoms with Gasteiger partial charge < -0.3 is 5.11 Å². The van der Waals surface area contributed by atoms with Crippen LogP contribution in [0.3, 0.4) is 0 Å². The van der Waals surface area contributed by atoms with Crippen LogP contribution in [0.5, 0.6) is 0 Å². The number of hydrogen-bond donors (Lipinski definition) is 1. The number of carboxylic acid groups (broad SMARTS) is 1. The highest BCUT2D eigenvalue weighted by atomic mass is 19.3. The number of halogens is 2. The van der Waals surface area contributed by atoms with Crippen LogP contribution in [-0.4, -0.2) is 11.1 Å². The Morgan fingerprint density at radius 3 is 2.17 bits per heavy atom. The highest BCUT2D eigenvalue weighted by Crippen LogP contribution is 2.34. The number of rotatable bonds is 3. The smallest absolute Gasteiger partial charge is 0.379 e. The Balaban J connectivity index is 2.17. The topological polar surface area (TPSA) is 37.3 Å². The van der Waals surface area contributed by atoms with E-state index < -0.39 is 17.5 Å². The van der Waals surface area contributed by atoms with Crippen LogP contribution in [0.15, 0.2) is 24.3 Å². The zero-order chi connectivity index (χ0) is 13.2. The van der Waals surface area contributed by atoms with Crippen LogP contribution in [0, 0.1) is 0 Å². The van der Waals surface area contributed by atoms with Gasteiger partial charge in [0.05, 0.1) is 0 Å². The highest BCUT2D eigenvalue weighted by molar-refractivity contribution is 5.77. The average molecular weight is 254 g/mol. The molecule has 2 rings (SSSR count). The van der Waals surface area contributed by atoms with Crippen molar-refractivity contribution in [3.8, 4) is 0 Å². The van der Waals surface area contributed by atoms with Crippen LogP contribution in [-0.2, 0) is 10.7 Å². The zero-order valence-corrected chi connectivity index (χ0v) is 10.0. The summed E-state index contributed by atoms with van der Waals surface area (Å²) in [4.78, 5) is 10.5. The van der Waals surface area contributed by atoms with Gasteiger partial charge in [0.15, 0.2) is 0 Å². The number of benzene rings is 1. The molecule has 0 bridgehead atoms. The van der Waals surface area contributed by atoms with Crippen LogP contribution in [0.1, 0.15) is 49.1 Å². The van der Waals surface area contributed by atoms with Gasteiger partial charge in [-0.2, -0.15) is 8.78 Å². The van der Waals surface area contributed by atoms with Crippen molar-refractivity contribution in [1.29, 1.82) is 0 Å². The normalized spacial score (nSPS) is 17.7. The third-order valence-electron chi connectivity index (χ3n) is 3.62. The molecule has 0 aliphatic heterocycles. The third-order valence-corrected chi connectivity index (χ3v) is 3.62. The van der Waals surface area contributed by atoms with Gasteiger partial charge in [-0.3, -0.25) is 0 Å². The number of aliphatic carboxylic acids is 1. The molecule has 1 saturated carbocycles. The van der Waals surface area contributed by atoms with E-state index in [-0.39, 0.29) is 0 Å². The molecular weight excluding hydrogens is 238 g/mol. The molecule has 1 aromatic carbocycles. The van der Waals surface area contributed by atoms with E-state index in [4.69, 9.17) is 5.11 Å². The van der Waals surface area contributed by atoms with Gasteiger partial charge >= 0.3 is 11.9 Å². The Labute approximate surface area is 105 Å². The Bertz CT molecular complexity index is 420. The van der Waals surface area contributed by atoms with E-state index in [1.807, 2.05) is 0 Å². The summed E-state index contributed by atoms with van der Waals surface area (Å²) < 4.78 is 26.5. The Morgan fingerprint density at radius 1 is 1.11 bits per heavy atom. The third kappa shape index (κ3) is 2.52. The maximum atomic E-state index is 13.3. The molecule has 0 saturated heterocycles. The second kappa shape index (κ2) is 5.04. The van der Waals surface area contributed by atoms with Crippen molar-refractivity contribution in [2.24, 2.45) is 0 Å². The SMILES string of the molecule is O=C(O)C(F)(F)c1ccc(C2CCCCC2)cc1. The van der Waals surface area contributed by atoms with Gasteiger partial charge in [0, 0.05) is 5.56 Å². The lowest BCUT2D eigenvalue weighted by atomic mass is 9.84. The molecule has 0 radical (unpaired) electrons. The first-order valence-corrected chi connectivity index (χ1v) is 6.23. The molecule has 0 unspecified atom stereocenters. The maximum absolute atomic E-state index is 13.3. The maximum Gasteiger partial charge on any atom is 0.379 e. The van der Waals surface area contributed by atoms with Crippen molar-refractivity contribution >= 4 is 5.97 Å². The van der Waals surface area contributed by atoms with Crippen molar-refractivity contribution in [3.63, 3.8) is 0 Å². The molecule has 1 fully saturated rings. The summed E-state index contributed by atoms with van der Waals surface area (Å²) in [5.41, 5.74) is 0.592. The van der Waals surface area contributed by atoms with E-state index in [1.54, 1.807) is 12.1 Å². The molecule has 98 valence electrons. The number of carbonyl (C=O) groups is 1. The van der Waals surface area contributed by atoms with Crippen molar-refractivity contribution in [3.05, 3.63) is 35.4 Å². The molecule has 0 spiro atoms. The molecule has 4 heteroatoms. The molecule has 1 aromatic rings. The Hall–Kier alpha value is -1.45. The summed E-state index contributed by atoms with van der Waals surface area (Å²) in [6.07, 6.45) is 5.78. The fraction of sp³-hybridized carbons (Fsp3) is 0.500. The molecule has 1 N–H and O–H groups in total. The largest absolute Gasteiger partial charge is 0.477 e. The lowest BCUT2D eigenvalue weighted by molar-refractivity contribution is -0.166. The van der Waals surface area contributed by atoms with Gasteiger partial charge in [-0.05, 0) is 24.3 Å². The van der Waals surface area contributed by atoms with E-state index in [2.05, 4.69) is 0 Å². The summed E-state index contributed by atoms with van der Waals surface area (Å²) in [5, 5.41) is 8.46. The minimum Gasteiger partial charge on any atom is -0.477 e. The van der Waals surface area contributed by atoms with Crippen molar-refractivity contribution in [2.45, 2.75) is 43.9 Å². The molecule has 0 atom stereocenters. The van der Waals surface area contributed by atoms with Gasteiger partial charge in [0.2, 0.25) is 0 Å². The quantitative estimate of drug-likeness (QED) is 0.887. The fourth-order valence-electron chi connectivity index (χ4n) is 2.52. The molecule has 0 amide bonds. The first kappa shape index (κ1) is 13.0. The van der Waals surface area contributed by atoms with Crippen LogP contribution < -0.4 is 0 Å². The minimum atomic E-state index is -3.80. The molecule has 18 heavy (non-hydrogen) atoms. The number of alkyl halides is 2. The second-order valence-corrected chi connectivity index (χ2v) is 4.84. The van der Waals surface area contributed by atoms with Crippen molar-refractivity contribution in [1.82, 2.24) is 0 Å². The van der Waals surface area contributed by atoms with Gasteiger partial charge in [0.1, 0.15) is 0 Å². The van der Waals surface area contributed by atoms with E-state index in [0.717, 1.165) is 18.4 Å². The predicted octanol–water partition coefficient (Wildman–Crippen LogP) is 3.91. The first-order chi connectivity index (χ1) is 8.51. The summed E-state index contributed by atoms with van der Waals surface area (Å²) in [5.74, 6) is -5.47. The van der Waals surface area contributed by atoms with Crippen molar-refractivity contribution in [2.75, 3.05) is 0 Å². The summed E-state index contributed by atoms with van der Waals surface area (Å²) in [6.45, 7) is 0. The van der Waals surface area contributed by atoms with Crippen LogP contribution in [0.25, 0.3) is 0 Å². The number of hydrogen-bond acceptors (Lipinski definition) is 1. The molecule has 0 aromatic heterocycles. The Morgan fingerprint density at radius 2 is 1.67 bits per heavy atom. The zero-order valence-electron chi connectivity index (χ0n) is 10.0. The second-order valence-electron chi connectivity index (χ2n) is 4.84. The van der Waals surface area contributed by atoms with Gasteiger partial charge in [-0.1, -0.05) is 43.5 Å². The van der Waals surface area contributed by atoms with Gasteiger partial charge in [-0.25, -0.2) is 4.79 Å². The van der Waals surface area contributed by atoms with E-state index in [0.29, 0.717) is 5.92 Å². The number of carboxylic acids is 1. The first-order valence-electron chi connectivity index (χ1n) is 6.23. The van der Waals surface area contributed by atoms with E-state index in [1.165, 1.54) is 31.4 Å². The Kier molecular flexibility index (Phi) is 3.64. The van der Waals surface area contributed by atoms with Crippen LogP contribution in [0.4, 0.5) is 8.78 Å². The minimum absolute atomic E-state index is 0.436. The molecular formula is C14H16F2O2. The molecule has 1 aliphatic rings. The fourth-order valence-corrected chi connectivity index (χ4v) is 2.52.